The van der Waals surface area contributed by atoms with Gasteiger partial charge >= 0.3 is 5.69 Å². The lowest BCUT2D eigenvalue weighted by molar-refractivity contribution is -0.384. The molecule has 0 fully saturated rings. The summed E-state index contributed by atoms with van der Waals surface area (Å²) in [4.78, 5) is 10.6. The van der Waals surface area contributed by atoms with Gasteiger partial charge in [-0.1, -0.05) is 12.1 Å². The van der Waals surface area contributed by atoms with Gasteiger partial charge in [-0.15, -0.1) is 0 Å². The second-order valence-corrected chi connectivity index (χ2v) is 4.47. The Hall–Kier alpha value is -2.44. The van der Waals surface area contributed by atoms with Gasteiger partial charge in [-0.3, -0.25) is 10.1 Å². The number of aryl methyl sites for hydroxylation is 2. The quantitative estimate of drug-likeness (QED) is 0.673. The molecule has 0 radical (unpaired) electrons. The fraction of sp³-hybridized carbons (Fsp3) is 0.308. The summed E-state index contributed by atoms with van der Waals surface area (Å²) >= 11 is 0. The van der Waals surface area contributed by atoms with Gasteiger partial charge in [-0.2, -0.15) is 5.10 Å². The molecule has 0 saturated carbocycles. The van der Waals surface area contributed by atoms with Gasteiger partial charge in [0.1, 0.15) is 11.5 Å². The minimum Gasteiger partial charge on any atom is -0.364 e. The molecule has 106 valence electrons. The van der Waals surface area contributed by atoms with E-state index in [1.807, 2.05) is 0 Å². The minimum atomic E-state index is -0.442. The molecule has 0 atom stereocenters. The maximum Gasteiger partial charge on any atom is 0.333 e. The zero-order valence-electron chi connectivity index (χ0n) is 11.3. The topological polar surface area (TPSA) is 73.0 Å². The van der Waals surface area contributed by atoms with Crippen LogP contribution in [0, 0.1) is 22.9 Å². The van der Waals surface area contributed by atoms with Gasteiger partial charge in [0, 0.05) is 13.6 Å². The van der Waals surface area contributed by atoms with Crippen LogP contribution in [-0.4, -0.2) is 21.2 Å². The van der Waals surface area contributed by atoms with E-state index < -0.39 is 4.92 Å². The van der Waals surface area contributed by atoms with Crippen molar-refractivity contribution in [2.45, 2.75) is 13.3 Å². The monoisotopic (exact) mass is 278 g/mol. The summed E-state index contributed by atoms with van der Waals surface area (Å²) in [6.07, 6.45) is 0.641. The molecule has 1 aromatic heterocycles. The molecule has 7 heteroatoms. The van der Waals surface area contributed by atoms with Gasteiger partial charge in [0.2, 0.25) is 5.82 Å². The van der Waals surface area contributed by atoms with Crippen LogP contribution in [0.15, 0.2) is 24.3 Å². The summed E-state index contributed by atoms with van der Waals surface area (Å²) in [5.74, 6) is 0.106. The highest BCUT2D eigenvalue weighted by Gasteiger charge is 2.23. The molecule has 2 rings (SSSR count). The van der Waals surface area contributed by atoms with Crippen molar-refractivity contribution >= 4 is 11.5 Å². The van der Waals surface area contributed by atoms with Crippen LogP contribution in [0.4, 0.5) is 15.9 Å². The van der Waals surface area contributed by atoms with E-state index in [2.05, 4.69) is 10.4 Å². The molecule has 1 heterocycles. The minimum absolute atomic E-state index is 0.00777. The van der Waals surface area contributed by atoms with Crippen molar-refractivity contribution in [1.29, 1.82) is 0 Å². The lowest BCUT2D eigenvalue weighted by atomic mass is 10.1. The van der Waals surface area contributed by atoms with Crippen molar-refractivity contribution in [3.05, 3.63) is 51.5 Å². The van der Waals surface area contributed by atoms with Crippen molar-refractivity contribution in [3.8, 4) is 0 Å². The van der Waals surface area contributed by atoms with Crippen molar-refractivity contribution in [2.24, 2.45) is 7.05 Å². The molecule has 1 aromatic carbocycles. The van der Waals surface area contributed by atoms with E-state index in [9.17, 15) is 14.5 Å². The van der Waals surface area contributed by atoms with Crippen LogP contribution in [0.3, 0.4) is 0 Å². The van der Waals surface area contributed by atoms with Gasteiger partial charge in [0.25, 0.3) is 0 Å². The molecule has 1 N–H and O–H groups in total. The third-order valence-electron chi connectivity index (χ3n) is 2.99. The normalized spacial score (nSPS) is 10.6. The smallest absolute Gasteiger partial charge is 0.333 e. The molecule has 6 nitrogen and oxygen atoms in total. The maximum absolute atomic E-state index is 12.8. The van der Waals surface area contributed by atoms with E-state index in [1.54, 1.807) is 26.1 Å². The van der Waals surface area contributed by atoms with Crippen molar-refractivity contribution < 1.29 is 9.31 Å². The largest absolute Gasteiger partial charge is 0.364 e. The van der Waals surface area contributed by atoms with E-state index in [1.165, 1.54) is 16.8 Å². The Kier molecular flexibility index (Phi) is 3.97. The number of nitro groups is 1. The number of aromatic nitrogens is 2. The van der Waals surface area contributed by atoms with Crippen LogP contribution in [0.1, 0.15) is 11.3 Å². The van der Waals surface area contributed by atoms with Crippen LogP contribution in [0.25, 0.3) is 0 Å². The van der Waals surface area contributed by atoms with E-state index in [0.717, 1.165) is 5.56 Å². The first-order valence-electron chi connectivity index (χ1n) is 6.15. The Morgan fingerprint density at radius 2 is 2.05 bits per heavy atom. The molecule has 0 spiro atoms. The highest BCUT2D eigenvalue weighted by Crippen LogP contribution is 2.27. The maximum atomic E-state index is 12.8. The van der Waals surface area contributed by atoms with Crippen LogP contribution >= 0.6 is 0 Å². The lowest BCUT2D eigenvalue weighted by Crippen LogP contribution is -2.10. The number of halogens is 1. The molecule has 0 amide bonds. The predicted octanol–water partition coefficient (Wildman–Crippen LogP) is 2.43. The third kappa shape index (κ3) is 2.93. The molecule has 0 aliphatic rings. The van der Waals surface area contributed by atoms with E-state index >= 15 is 0 Å². The van der Waals surface area contributed by atoms with Gasteiger partial charge < -0.3 is 5.32 Å². The highest BCUT2D eigenvalue weighted by molar-refractivity contribution is 5.59. The van der Waals surface area contributed by atoms with Gasteiger partial charge in [-0.05, 0) is 31.0 Å². The summed E-state index contributed by atoms with van der Waals surface area (Å²) in [5, 5.41) is 18.0. The molecular formula is C13H15FN4O2. The zero-order chi connectivity index (χ0) is 14.7. The summed E-state index contributed by atoms with van der Waals surface area (Å²) in [6.45, 7) is 2.11. The van der Waals surface area contributed by atoms with Crippen LogP contribution in [-0.2, 0) is 13.5 Å². The highest BCUT2D eigenvalue weighted by atomic mass is 19.1. The first kappa shape index (κ1) is 14.0. The Labute approximate surface area is 115 Å². The average Bonchev–Trinajstić information content (AvgIpc) is 2.66. The first-order chi connectivity index (χ1) is 9.49. The summed E-state index contributed by atoms with van der Waals surface area (Å²) < 4.78 is 14.2. The molecule has 0 saturated heterocycles. The number of nitrogens with one attached hydrogen (secondary N) is 1. The predicted molar refractivity (Wildman–Crippen MR) is 73.2 cm³/mol. The van der Waals surface area contributed by atoms with Gasteiger partial charge in [-0.25, -0.2) is 9.07 Å². The molecule has 0 bridgehead atoms. The summed E-state index contributed by atoms with van der Waals surface area (Å²) in [5.41, 5.74) is 1.33. The molecule has 2 aromatic rings. The van der Waals surface area contributed by atoms with Gasteiger partial charge in [0.15, 0.2) is 0 Å². The molecule has 0 unspecified atom stereocenters. The Morgan fingerprint density at radius 1 is 1.40 bits per heavy atom. The SMILES string of the molecule is Cc1nn(C)c(NCCc2ccc(F)cc2)c1[N+](=O)[O-]. The molecular weight excluding hydrogens is 263 g/mol. The standard InChI is InChI=1S/C13H15FN4O2/c1-9-12(18(19)20)13(17(2)16-9)15-8-7-10-3-5-11(14)6-4-10/h3-6,15H,7-8H2,1-2H3. The van der Waals surface area contributed by atoms with Crippen molar-refractivity contribution in [2.75, 3.05) is 11.9 Å². The fourth-order valence-corrected chi connectivity index (χ4v) is 2.04. The van der Waals surface area contributed by atoms with Crippen molar-refractivity contribution in [1.82, 2.24) is 9.78 Å². The number of hydrogen-bond donors (Lipinski definition) is 1. The average molecular weight is 278 g/mol. The fourth-order valence-electron chi connectivity index (χ4n) is 2.04. The Balaban J connectivity index is 2.04. The Bertz CT molecular complexity index is 622. The number of benzene rings is 1. The molecule has 20 heavy (non-hydrogen) atoms. The number of hydrogen-bond acceptors (Lipinski definition) is 4. The van der Waals surface area contributed by atoms with Crippen LogP contribution in [0.2, 0.25) is 0 Å². The first-order valence-corrected chi connectivity index (χ1v) is 6.15. The Morgan fingerprint density at radius 3 is 2.65 bits per heavy atom. The summed E-state index contributed by atoms with van der Waals surface area (Å²) in [7, 11) is 1.65. The van der Waals surface area contributed by atoms with Gasteiger partial charge in [0.05, 0.1) is 4.92 Å². The summed E-state index contributed by atoms with van der Waals surface area (Å²) in [6, 6.07) is 6.18. The second-order valence-electron chi connectivity index (χ2n) is 4.47. The van der Waals surface area contributed by atoms with Crippen LogP contribution < -0.4 is 5.32 Å². The van der Waals surface area contributed by atoms with E-state index in [-0.39, 0.29) is 11.5 Å². The second kappa shape index (κ2) is 5.68. The number of anilines is 1. The number of nitrogens with zero attached hydrogens (tertiary/aromatic N) is 3. The van der Waals surface area contributed by atoms with Crippen molar-refractivity contribution in [3.63, 3.8) is 0 Å². The van der Waals surface area contributed by atoms with E-state index in [4.69, 9.17) is 0 Å². The number of rotatable bonds is 5. The van der Waals surface area contributed by atoms with E-state index in [0.29, 0.717) is 24.5 Å². The van der Waals surface area contributed by atoms with Crippen LogP contribution in [0.5, 0.6) is 0 Å². The molecule has 0 aliphatic heterocycles. The lowest BCUT2D eigenvalue weighted by Gasteiger charge is -2.06. The third-order valence-corrected chi connectivity index (χ3v) is 2.99. The zero-order valence-corrected chi connectivity index (χ0v) is 11.3. The molecule has 0 aliphatic carbocycles.